The summed E-state index contributed by atoms with van der Waals surface area (Å²) in [6.45, 7) is 3.88. The molecule has 0 aromatic heterocycles. The van der Waals surface area contributed by atoms with Gasteiger partial charge in [-0.1, -0.05) is 30.3 Å². The van der Waals surface area contributed by atoms with Gasteiger partial charge in [-0.25, -0.2) is 0 Å². The minimum absolute atomic E-state index is 0.411. The highest BCUT2D eigenvalue weighted by Crippen LogP contribution is 2.37. The van der Waals surface area contributed by atoms with Gasteiger partial charge >= 0.3 is 0 Å². The van der Waals surface area contributed by atoms with Crippen LogP contribution in [0.3, 0.4) is 0 Å². The summed E-state index contributed by atoms with van der Waals surface area (Å²) in [6.07, 6.45) is 1.06. The van der Waals surface area contributed by atoms with E-state index >= 15 is 0 Å². The number of likely N-dealkylation sites (N-methyl/N-ethyl adjacent to an activating group) is 1. The normalized spacial score (nSPS) is 17.9. The summed E-state index contributed by atoms with van der Waals surface area (Å²) in [5.41, 5.74) is 3.87. The predicted octanol–water partition coefficient (Wildman–Crippen LogP) is 3.82. The molecule has 2 aromatic carbocycles. The number of hydrogen-bond acceptors (Lipinski definition) is 3. The smallest absolute Gasteiger partial charge is 0.162 e. The summed E-state index contributed by atoms with van der Waals surface area (Å²) in [5.74, 6) is 1.65. The van der Waals surface area contributed by atoms with Crippen LogP contribution in [0.2, 0.25) is 0 Å². The maximum absolute atomic E-state index is 6.02. The van der Waals surface area contributed by atoms with Gasteiger partial charge in [-0.2, -0.15) is 0 Å². The van der Waals surface area contributed by atoms with E-state index in [1.807, 2.05) is 18.2 Å². The van der Waals surface area contributed by atoms with Crippen LogP contribution in [0.5, 0.6) is 11.5 Å². The average molecular weight is 297 g/mol. The van der Waals surface area contributed by atoms with Gasteiger partial charge in [0.2, 0.25) is 0 Å². The summed E-state index contributed by atoms with van der Waals surface area (Å²) in [6, 6.07) is 14.9. The zero-order chi connectivity index (χ0) is 15.5. The lowest BCUT2D eigenvalue weighted by molar-refractivity contribution is 0.243. The second kappa shape index (κ2) is 6.41. The van der Waals surface area contributed by atoms with Crippen LogP contribution in [0.1, 0.15) is 29.7 Å². The van der Waals surface area contributed by atoms with Crippen LogP contribution in [0.25, 0.3) is 0 Å². The van der Waals surface area contributed by atoms with Crippen molar-refractivity contribution >= 4 is 0 Å². The van der Waals surface area contributed by atoms with Gasteiger partial charge in [-0.3, -0.25) is 4.90 Å². The molecule has 1 aliphatic rings. The summed E-state index contributed by atoms with van der Waals surface area (Å²) >= 11 is 0. The second-order valence-corrected chi connectivity index (χ2v) is 5.88. The fourth-order valence-electron chi connectivity index (χ4n) is 2.96. The van der Waals surface area contributed by atoms with Crippen molar-refractivity contribution in [2.45, 2.75) is 26.0 Å². The second-order valence-electron chi connectivity index (χ2n) is 5.88. The van der Waals surface area contributed by atoms with Gasteiger partial charge in [-0.05, 0) is 49.2 Å². The van der Waals surface area contributed by atoms with Crippen LogP contribution < -0.4 is 9.47 Å². The first-order chi connectivity index (χ1) is 10.7. The molecule has 0 saturated heterocycles. The Morgan fingerprint density at radius 1 is 1.14 bits per heavy atom. The van der Waals surface area contributed by atoms with Crippen LogP contribution in [-0.4, -0.2) is 25.6 Å². The summed E-state index contributed by atoms with van der Waals surface area (Å²) < 4.78 is 11.5. The Balaban J connectivity index is 1.86. The van der Waals surface area contributed by atoms with Crippen molar-refractivity contribution in [3.05, 3.63) is 59.2 Å². The molecule has 0 saturated carbocycles. The molecular weight excluding hydrogens is 274 g/mol. The molecule has 2 aromatic rings. The van der Waals surface area contributed by atoms with Crippen LogP contribution in [0.15, 0.2) is 42.5 Å². The summed E-state index contributed by atoms with van der Waals surface area (Å²) in [4.78, 5) is 2.37. The van der Waals surface area contributed by atoms with Crippen molar-refractivity contribution in [2.24, 2.45) is 0 Å². The van der Waals surface area contributed by atoms with Crippen molar-refractivity contribution in [3.63, 3.8) is 0 Å². The number of benzene rings is 2. The van der Waals surface area contributed by atoms with Crippen molar-refractivity contribution in [1.29, 1.82) is 0 Å². The molecule has 0 spiro atoms. The number of methoxy groups -OCH3 is 1. The molecule has 0 unspecified atom stereocenters. The fraction of sp³-hybridized carbons (Fsp3) is 0.368. The van der Waals surface area contributed by atoms with E-state index < -0.39 is 0 Å². The standard InChI is InChI=1S/C19H23NO2/c1-14-17-12-19(22-13-15-7-5-4-6-8-15)18(21-3)11-16(17)9-10-20(14)2/h4-8,11-12,14H,9-10,13H2,1-3H3/t14-/m0/s1. The Hall–Kier alpha value is -2.00. The highest BCUT2D eigenvalue weighted by molar-refractivity contribution is 5.49. The van der Waals surface area contributed by atoms with Crippen molar-refractivity contribution in [3.8, 4) is 11.5 Å². The third kappa shape index (κ3) is 2.95. The first-order valence-corrected chi connectivity index (χ1v) is 7.77. The molecule has 1 aliphatic heterocycles. The van der Waals surface area contributed by atoms with Crippen LogP contribution in [0.4, 0.5) is 0 Å². The lowest BCUT2D eigenvalue weighted by atomic mass is 9.93. The SMILES string of the molecule is COc1cc2c(cc1OCc1ccccc1)[C@H](C)N(C)CC2. The zero-order valence-corrected chi connectivity index (χ0v) is 13.5. The molecule has 3 rings (SSSR count). The molecule has 0 radical (unpaired) electrons. The van der Waals surface area contributed by atoms with E-state index in [9.17, 15) is 0 Å². The molecule has 116 valence electrons. The Morgan fingerprint density at radius 3 is 2.64 bits per heavy atom. The third-order valence-electron chi connectivity index (χ3n) is 4.51. The number of rotatable bonds is 4. The zero-order valence-electron chi connectivity index (χ0n) is 13.5. The van der Waals surface area contributed by atoms with Crippen molar-refractivity contribution in [1.82, 2.24) is 4.90 Å². The topological polar surface area (TPSA) is 21.7 Å². The quantitative estimate of drug-likeness (QED) is 0.856. The first kappa shape index (κ1) is 14.9. The molecule has 1 heterocycles. The molecule has 1 atom stereocenters. The average Bonchev–Trinajstić information content (AvgIpc) is 2.57. The monoisotopic (exact) mass is 297 g/mol. The molecule has 0 amide bonds. The Kier molecular flexibility index (Phi) is 4.34. The van der Waals surface area contributed by atoms with Crippen molar-refractivity contribution in [2.75, 3.05) is 20.7 Å². The van der Waals surface area contributed by atoms with E-state index in [1.54, 1.807) is 7.11 Å². The lowest BCUT2D eigenvalue weighted by Crippen LogP contribution is -2.30. The van der Waals surface area contributed by atoms with Crippen molar-refractivity contribution < 1.29 is 9.47 Å². The lowest BCUT2D eigenvalue weighted by Gasteiger charge is -2.32. The van der Waals surface area contributed by atoms with E-state index in [-0.39, 0.29) is 0 Å². The van der Waals surface area contributed by atoms with E-state index in [1.165, 1.54) is 11.1 Å². The third-order valence-corrected chi connectivity index (χ3v) is 4.51. The molecule has 0 bridgehead atoms. The van der Waals surface area contributed by atoms with Gasteiger partial charge in [0.1, 0.15) is 6.61 Å². The Morgan fingerprint density at radius 2 is 1.91 bits per heavy atom. The van der Waals surface area contributed by atoms with E-state index in [2.05, 4.69) is 43.1 Å². The predicted molar refractivity (Wildman–Crippen MR) is 88.5 cm³/mol. The Bertz CT molecular complexity index is 639. The maximum Gasteiger partial charge on any atom is 0.162 e. The first-order valence-electron chi connectivity index (χ1n) is 7.77. The number of nitrogens with zero attached hydrogens (tertiary/aromatic N) is 1. The number of fused-ring (bicyclic) bond motifs is 1. The minimum Gasteiger partial charge on any atom is -0.493 e. The molecule has 22 heavy (non-hydrogen) atoms. The van der Waals surface area contributed by atoms with E-state index in [4.69, 9.17) is 9.47 Å². The van der Waals surface area contributed by atoms with Crippen LogP contribution >= 0.6 is 0 Å². The molecular formula is C19H23NO2. The summed E-state index contributed by atoms with van der Waals surface area (Å²) in [5, 5.41) is 0. The van der Waals surface area contributed by atoms with Crippen LogP contribution in [-0.2, 0) is 13.0 Å². The highest BCUT2D eigenvalue weighted by Gasteiger charge is 2.23. The number of hydrogen-bond donors (Lipinski definition) is 0. The molecule has 0 N–H and O–H groups in total. The van der Waals surface area contributed by atoms with Gasteiger partial charge in [-0.15, -0.1) is 0 Å². The van der Waals surface area contributed by atoms with Crippen LogP contribution in [0, 0.1) is 0 Å². The van der Waals surface area contributed by atoms with Gasteiger partial charge in [0.15, 0.2) is 11.5 Å². The van der Waals surface area contributed by atoms with Gasteiger partial charge in [0.05, 0.1) is 7.11 Å². The minimum atomic E-state index is 0.411. The maximum atomic E-state index is 6.02. The van der Waals surface area contributed by atoms with E-state index in [0.717, 1.165) is 30.0 Å². The Labute approximate surface area is 132 Å². The molecule has 0 fully saturated rings. The molecule has 3 nitrogen and oxygen atoms in total. The highest BCUT2D eigenvalue weighted by atomic mass is 16.5. The molecule has 3 heteroatoms. The molecule has 0 aliphatic carbocycles. The fourth-order valence-corrected chi connectivity index (χ4v) is 2.96. The summed E-state index contributed by atoms with van der Waals surface area (Å²) in [7, 11) is 3.87. The largest absolute Gasteiger partial charge is 0.493 e. The van der Waals surface area contributed by atoms with E-state index in [0.29, 0.717) is 12.6 Å². The van der Waals surface area contributed by atoms with Gasteiger partial charge < -0.3 is 9.47 Å². The van der Waals surface area contributed by atoms with Gasteiger partial charge in [0.25, 0.3) is 0 Å². The number of ether oxygens (including phenoxy) is 2. The van der Waals surface area contributed by atoms with Gasteiger partial charge in [0, 0.05) is 12.6 Å².